The maximum Gasteiger partial charge on any atom is 0.434 e. The fourth-order valence-corrected chi connectivity index (χ4v) is 2.21. The summed E-state index contributed by atoms with van der Waals surface area (Å²) >= 11 is 0.626. The van der Waals surface area contributed by atoms with E-state index in [0.29, 0.717) is 11.3 Å². The first-order valence-corrected chi connectivity index (χ1v) is 7.52. The summed E-state index contributed by atoms with van der Waals surface area (Å²) in [6.07, 6.45) is -3.92. The summed E-state index contributed by atoms with van der Waals surface area (Å²) in [7, 11) is -3.29. The summed E-state index contributed by atoms with van der Waals surface area (Å²) in [5.74, 6) is -1.06. The predicted molar refractivity (Wildman–Crippen MR) is 60.1 cm³/mol. The molecular weight excluding hydrogens is 293 g/mol. The number of thiazole rings is 1. The van der Waals surface area contributed by atoms with Crippen molar-refractivity contribution in [2.45, 2.75) is 12.6 Å². The number of hydrogen-bond acceptors (Lipinski definition) is 5. The minimum Gasteiger partial charge on any atom is -0.302 e. The molecule has 0 fully saturated rings. The molecule has 0 radical (unpaired) electrons. The smallest absolute Gasteiger partial charge is 0.302 e. The summed E-state index contributed by atoms with van der Waals surface area (Å²) in [6, 6.07) is 0. The number of carbonyl (C=O) groups excluding carboxylic acids is 1. The number of rotatable bonds is 4. The quantitative estimate of drug-likeness (QED) is 0.915. The van der Waals surface area contributed by atoms with Crippen LogP contribution in [0.1, 0.15) is 12.1 Å². The zero-order valence-electron chi connectivity index (χ0n) is 9.11. The molecule has 0 aliphatic heterocycles. The Labute approximate surface area is 105 Å². The Bertz CT molecular complexity index is 536. The molecule has 1 aromatic heterocycles. The maximum atomic E-state index is 12.2. The van der Waals surface area contributed by atoms with Gasteiger partial charge in [0, 0.05) is 18.1 Å². The number of carbonyl (C=O) groups is 1. The van der Waals surface area contributed by atoms with Crippen molar-refractivity contribution >= 4 is 32.2 Å². The molecule has 5 nitrogen and oxygen atoms in total. The van der Waals surface area contributed by atoms with E-state index in [4.69, 9.17) is 0 Å². The van der Waals surface area contributed by atoms with E-state index >= 15 is 0 Å². The normalized spacial score (nSPS) is 12.4. The molecule has 1 aromatic rings. The molecule has 1 amide bonds. The van der Waals surface area contributed by atoms with Gasteiger partial charge >= 0.3 is 6.18 Å². The molecule has 1 heterocycles. The molecular formula is C8H9F3N2O3S2. The summed E-state index contributed by atoms with van der Waals surface area (Å²) in [6.45, 7) is 0. The van der Waals surface area contributed by atoms with Crippen LogP contribution in [0.4, 0.5) is 18.3 Å². The van der Waals surface area contributed by atoms with Crippen LogP contribution in [0.25, 0.3) is 0 Å². The molecule has 0 saturated carbocycles. The number of sulfone groups is 1. The molecule has 0 bridgehead atoms. The van der Waals surface area contributed by atoms with E-state index in [1.165, 1.54) is 0 Å². The van der Waals surface area contributed by atoms with Gasteiger partial charge in [0.05, 0.1) is 5.75 Å². The van der Waals surface area contributed by atoms with Crippen LogP contribution in [0.15, 0.2) is 5.38 Å². The molecule has 1 N–H and O–H groups in total. The molecule has 0 aromatic carbocycles. The van der Waals surface area contributed by atoms with Gasteiger partial charge in [-0.3, -0.25) is 4.79 Å². The van der Waals surface area contributed by atoms with E-state index in [9.17, 15) is 26.4 Å². The third-order valence-corrected chi connectivity index (χ3v) is 3.44. The monoisotopic (exact) mass is 302 g/mol. The highest BCUT2D eigenvalue weighted by Crippen LogP contribution is 2.31. The van der Waals surface area contributed by atoms with Crippen LogP contribution in [0.3, 0.4) is 0 Å². The Morgan fingerprint density at radius 3 is 2.56 bits per heavy atom. The number of nitrogens with zero attached hydrogens (tertiary/aromatic N) is 1. The lowest BCUT2D eigenvalue weighted by molar-refractivity contribution is -0.140. The number of aromatic nitrogens is 1. The van der Waals surface area contributed by atoms with E-state index in [1.807, 2.05) is 0 Å². The molecule has 102 valence electrons. The van der Waals surface area contributed by atoms with Crippen molar-refractivity contribution in [1.29, 1.82) is 0 Å². The molecule has 0 unspecified atom stereocenters. The largest absolute Gasteiger partial charge is 0.434 e. The molecule has 0 saturated heterocycles. The third kappa shape index (κ3) is 5.00. The van der Waals surface area contributed by atoms with Crippen molar-refractivity contribution < 1.29 is 26.4 Å². The van der Waals surface area contributed by atoms with E-state index in [0.717, 1.165) is 11.6 Å². The van der Waals surface area contributed by atoms with Crippen LogP contribution in [-0.2, 0) is 20.8 Å². The Morgan fingerprint density at radius 1 is 1.50 bits per heavy atom. The second-order valence-electron chi connectivity index (χ2n) is 3.46. The zero-order valence-corrected chi connectivity index (χ0v) is 10.7. The number of alkyl halides is 3. The van der Waals surface area contributed by atoms with Gasteiger partial charge in [-0.25, -0.2) is 13.4 Å². The first-order valence-electron chi connectivity index (χ1n) is 4.58. The summed E-state index contributed by atoms with van der Waals surface area (Å²) in [4.78, 5) is 14.4. The highest BCUT2D eigenvalue weighted by atomic mass is 32.2. The second-order valence-corrected chi connectivity index (χ2v) is 6.58. The summed E-state index contributed by atoms with van der Waals surface area (Å²) in [5, 5.41) is 2.67. The second kappa shape index (κ2) is 5.22. The zero-order chi connectivity index (χ0) is 14.0. The van der Waals surface area contributed by atoms with E-state index in [2.05, 4.69) is 10.3 Å². The minimum atomic E-state index is -4.56. The number of anilines is 1. The molecule has 18 heavy (non-hydrogen) atoms. The SMILES string of the molecule is CS(=O)(=O)CCC(=O)Nc1nc(C(F)(F)F)cs1. The number of nitrogens with one attached hydrogen (secondary N) is 1. The lowest BCUT2D eigenvalue weighted by atomic mass is 10.4. The predicted octanol–water partition coefficient (Wildman–Crippen LogP) is 1.54. The van der Waals surface area contributed by atoms with Gasteiger partial charge in [0.2, 0.25) is 5.91 Å². The van der Waals surface area contributed by atoms with Gasteiger partial charge in [0.25, 0.3) is 0 Å². The van der Waals surface area contributed by atoms with Crippen molar-refractivity contribution in [1.82, 2.24) is 4.98 Å². The van der Waals surface area contributed by atoms with Crippen molar-refractivity contribution in [3.05, 3.63) is 11.1 Å². The Morgan fingerprint density at radius 2 is 2.11 bits per heavy atom. The topological polar surface area (TPSA) is 76.1 Å². The van der Waals surface area contributed by atoms with Gasteiger partial charge < -0.3 is 5.32 Å². The van der Waals surface area contributed by atoms with E-state index < -0.39 is 27.6 Å². The van der Waals surface area contributed by atoms with Crippen molar-refractivity contribution in [3.63, 3.8) is 0 Å². The number of hydrogen-bond donors (Lipinski definition) is 1. The lowest BCUT2D eigenvalue weighted by Gasteiger charge is -2.01. The fraction of sp³-hybridized carbons (Fsp3) is 0.500. The highest BCUT2D eigenvalue weighted by molar-refractivity contribution is 7.90. The van der Waals surface area contributed by atoms with Crippen LogP contribution in [0, 0.1) is 0 Å². The van der Waals surface area contributed by atoms with Crippen LogP contribution in [0.5, 0.6) is 0 Å². The van der Waals surface area contributed by atoms with Gasteiger partial charge in [0.1, 0.15) is 9.84 Å². The van der Waals surface area contributed by atoms with Crippen molar-refractivity contribution in [2.75, 3.05) is 17.3 Å². The molecule has 0 aliphatic rings. The fourth-order valence-electron chi connectivity index (χ4n) is 0.921. The van der Waals surface area contributed by atoms with Gasteiger partial charge in [-0.15, -0.1) is 11.3 Å². The van der Waals surface area contributed by atoms with Crippen molar-refractivity contribution in [2.24, 2.45) is 0 Å². The van der Waals surface area contributed by atoms with E-state index in [1.54, 1.807) is 0 Å². The number of halogens is 3. The van der Waals surface area contributed by atoms with Gasteiger partial charge in [0.15, 0.2) is 10.8 Å². The first kappa shape index (κ1) is 14.9. The van der Waals surface area contributed by atoms with Gasteiger partial charge in [-0.05, 0) is 0 Å². The highest BCUT2D eigenvalue weighted by Gasteiger charge is 2.33. The maximum absolute atomic E-state index is 12.2. The standard InChI is InChI=1S/C8H9F3N2O3S2/c1-18(15,16)3-2-6(14)13-7-12-5(4-17-7)8(9,10)11/h4H,2-3H2,1H3,(H,12,13,14). The van der Waals surface area contributed by atoms with Crippen LogP contribution in [0.2, 0.25) is 0 Å². The summed E-state index contributed by atoms with van der Waals surface area (Å²) < 4.78 is 58.1. The van der Waals surface area contributed by atoms with Crippen molar-refractivity contribution in [3.8, 4) is 0 Å². The van der Waals surface area contributed by atoms with Crippen LogP contribution in [-0.4, -0.2) is 31.3 Å². The van der Waals surface area contributed by atoms with Crippen LogP contribution < -0.4 is 5.32 Å². The van der Waals surface area contributed by atoms with Gasteiger partial charge in [-0.1, -0.05) is 0 Å². The lowest BCUT2D eigenvalue weighted by Crippen LogP contribution is -2.16. The molecule has 0 aliphatic carbocycles. The third-order valence-electron chi connectivity index (χ3n) is 1.74. The molecule has 1 rings (SSSR count). The average Bonchev–Trinajstić information content (AvgIpc) is 2.61. The number of amides is 1. The molecule has 0 spiro atoms. The average molecular weight is 302 g/mol. The molecule has 10 heteroatoms. The minimum absolute atomic E-state index is 0.208. The van der Waals surface area contributed by atoms with E-state index in [-0.39, 0.29) is 17.3 Å². The summed E-state index contributed by atoms with van der Waals surface area (Å²) in [5.41, 5.74) is -1.09. The Balaban J connectivity index is 2.58. The van der Waals surface area contributed by atoms with Crippen LogP contribution >= 0.6 is 11.3 Å². The Kier molecular flexibility index (Phi) is 4.32. The Hall–Kier alpha value is -1.16. The molecule has 0 atom stereocenters. The first-order chi connectivity index (χ1) is 8.08. The van der Waals surface area contributed by atoms with Gasteiger partial charge in [-0.2, -0.15) is 13.2 Å².